The maximum Gasteiger partial charge on any atom is 0.416 e. The van der Waals surface area contributed by atoms with Gasteiger partial charge in [-0.15, -0.1) is 0 Å². The first-order valence-electron chi connectivity index (χ1n) is 8.55. The van der Waals surface area contributed by atoms with E-state index in [2.05, 4.69) is 10.0 Å². The summed E-state index contributed by atoms with van der Waals surface area (Å²) in [6.45, 7) is 5.54. The van der Waals surface area contributed by atoms with E-state index in [0.29, 0.717) is 25.9 Å². The van der Waals surface area contributed by atoms with Gasteiger partial charge < -0.3 is 10.2 Å². The molecular formula is C17H24F3N3O3S. The Bertz CT molecular complexity index is 763. The highest BCUT2D eigenvalue weighted by Gasteiger charge is 2.33. The second-order valence-corrected chi connectivity index (χ2v) is 9.97. The van der Waals surface area contributed by atoms with E-state index in [0.717, 1.165) is 12.1 Å². The van der Waals surface area contributed by atoms with E-state index in [1.165, 1.54) is 17.0 Å². The maximum absolute atomic E-state index is 12.6. The topological polar surface area (TPSA) is 78.5 Å². The molecule has 1 fully saturated rings. The first-order valence-corrected chi connectivity index (χ1v) is 10.0. The second-order valence-electron chi connectivity index (χ2n) is 7.50. The Morgan fingerprint density at radius 2 is 1.59 bits per heavy atom. The third-order valence-corrected chi connectivity index (χ3v) is 6.63. The Hall–Kier alpha value is -1.81. The summed E-state index contributed by atoms with van der Waals surface area (Å²) in [6.07, 6.45) is -3.49. The molecule has 152 valence electrons. The number of carbonyl (C=O) groups is 1. The Labute approximate surface area is 157 Å². The van der Waals surface area contributed by atoms with Crippen molar-refractivity contribution in [2.24, 2.45) is 0 Å². The van der Waals surface area contributed by atoms with Gasteiger partial charge in [-0.25, -0.2) is 17.9 Å². The summed E-state index contributed by atoms with van der Waals surface area (Å²) in [5.74, 6) is 0. The monoisotopic (exact) mass is 407 g/mol. The molecule has 0 atom stereocenters. The van der Waals surface area contributed by atoms with E-state index in [1.807, 2.05) is 0 Å². The van der Waals surface area contributed by atoms with Gasteiger partial charge in [0.2, 0.25) is 10.0 Å². The van der Waals surface area contributed by atoms with Gasteiger partial charge in [0.25, 0.3) is 0 Å². The average Bonchev–Trinajstić information content (AvgIpc) is 2.53. The molecule has 1 saturated heterocycles. The van der Waals surface area contributed by atoms with Crippen LogP contribution >= 0.6 is 0 Å². The molecule has 2 N–H and O–H groups in total. The van der Waals surface area contributed by atoms with E-state index < -0.39 is 32.5 Å². The summed E-state index contributed by atoms with van der Waals surface area (Å²) in [5.41, 5.74) is -0.518. The Kier molecular flexibility index (Phi) is 6.10. The van der Waals surface area contributed by atoms with Gasteiger partial charge in [-0.3, -0.25) is 0 Å². The molecular weight excluding hydrogens is 383 g/mol. The number of urea groups is 1. The van der Waals surface area contributed by atoms with Crippen molar-refractivity contribution >= 4 is 21.7 Å². The van der Waals surface area contributed by atoms with Crippen molar-refractivity contribution < 1.29 is 26.4 Å². The maximum atomic E-state index is 12.6. The Morgan fingerprint density at radius 1 is 1.07 bits per heavy atom. The van der Waals surface area contributed by atoms with Gasteiger partial charge in [-0.1, -0.05) is 0 Å². The van der Waals surface area contributed by atoms with Crippen molar-refractivity contribution in [3.63, 3.8) is 0 Å². The van der Waals surface area contributed by atoms with Gasteiger partial charge in [-0.2, -0.15) is 13.2 Å². The summed E-state index contributed by atoms with van der Waals surface area (Å²) >= 11 is 0. The third-order valence-electron chi connectivity index (χ3n) is 4.37. The fourth-order valence-electron chi connectivity index (χ4n) is 2.54. The Morgan fingerprint density at radius 3 is 2.04 bits per heavy atom. The Balaban J connectivity index is 1.88. The lowest BCUT2D eigenvalue weighted by molar-refractivity contribution is -0.137. The molecule has 0 unspecified atom stereocenters. The quantitative estimate of drug-likeness (QED) is 0.806. The molecule has 1 aromatic rings. The van der Waals surface area contributed by atoms with Crippen LogP contribution in [0, 0.1) is 0 Å². The fourth-order valence-corrected chi connectivity index (χ4v) is 3.57. The van der Waals surface area contributed by atoms with Gasteiger partial charge in [-0.05, 0) is 57.9 Å². The number of alkyl halides is 3. The van der Waals surface area contributed by atoms with Crippen molar-refractivity contribution in [3.05, 3.63) is 29.8 Å². The summed E-state index contributed by atoms with van der Waals surface area (Å²) in [6, 6.07) is 3.54. The number of rotatable bonds is 3. The van der Waals surface area contributed by atoms with Gasteiger partial charge in [0.15, 0.2) is 0 Å². The van der Waals surface area contributed by atoms with Crippen LogP contribution in [-0.2, 0) is 16.2 Å². The largest absolute Gasteiger partial charge is 0.416 e. The van der Waals surface area contributed by atoms with Crippen molar-refractivity contribution in [2.75, 3.05) is 18.4 Å². The van der Waals surface area contributed by atoms with E-state index in [4.69, 9.17) is 0 Å². The lowest BCUT2D eigenvalue weighted by atomic mass is 10.1. The van der Waals surface area contributed by atoms with Crippen LogP contribution in [0.15, 0.2) is 24.3 Å². The molecule has 0 bridgehead atoms. The number of halogens is 3. The van der Waals surface area contributed by atoms with Gasteiger partial charge in [0.05, 0.1) is 10.3 Å². The molecule has 10 heteroatoms. The molecule has 0 saturated carbocycles. The molecule has 2 amide bonds. The highest BCUT2D eigenvalue weighted by atomic mass is 32.2. The number of likely N-dealkylation sites (tertiary alicyclic amines) is 1. The smallest absolute Gasteiger partial charge is 0.324 e. The molecule has 27 heavy (non-hydrogen) atoms. The van der Waals surface area contributed by atoms with Crippen LogP contribution in [0.25, 0.3) is 0 Å². The van der Waals surface area contributed by atoms with Gasteiger partial charge >= 0.3 is 12.2 Å². The predicted octanol–water partition coefficient (Wildman–Crippen LogP) is 3.42. The van der Waals surface area contributed by atoms with Gasteiger partial charge in [0, 0.05) is 24.8 Å². The molecule has 0 radical (unpaired) electrons. The minimum atomic E-state index is -4.43. The highest BCUT2D eigenvalue weighted by Crippen LogP contribution is 2.30. The van der Waals surface area contributed by atoms with Crippen LogP contribution < -0.4 is 10.0 Å². The molecule has 0 spiro atoms. The van der Waals surface area contributed by atoms with Crippen LogP contribution in [0.1, 0.15) is 39.2 Å². The number of hydrogen-bond donors (Lipinski definition) is 2. The number of piperidine rings is 1. The average molecular weight is 407 g/mol. The fraction of sp³-hybridized carbons (Fsp3) is 0.588. The van der Waals surface area contributed by atoms with Gasteiger partial charge in [0.1, 0.15) is 0 Å². The summed E-state index contributed by atoms with van der Waals surface area (Å²) < 4.78 is 63.8. The molecule has 0 aliphatic carbocycles. The SMILES string of the molecule is CC(C)(C)S(=O)(=O)NC1CCN(C(=O)Nc2ccc(C(F)(F)F)cc2)CC1. The number of nitrogens with zero attached hydrogens (tertiary/aromatic N) is 1. The van der Waals surface area contributed by atoms with E-state index in [1.54, 1.807) is 20.8 Å². The van der Waals surface area contributed by atoms with Crippen LogP contribution in [0.3, 0.4) is 0 Å². The van der Waals surface area contributed by atoms with Crippen LogP contribution in [0.4, 0.5) is 23.7 Å². The zero-order valence-electron chi connectivity index (χ0n) is 15.4. The number of benzene rings is 1. The minimum absolute atomic E-state index is 0.246. The molecule has 6 nitrogen and oxygen atoms in total. The highest BCUT2D eigenvalue weighted by molar-refractivity contribution is 7.90. The predicted molar refractivity (Wildman–Crippen MR) is 96.9 cm³/mol. The number of sulfonamides is 1. The van der Waals surface area contributed by atoms with Crippen molar-refractivity contribution in [2.45, 2.75) is 50.6 Å². The number of nitrogens with one attached hydrogen (secondary N) is 2. The first-order chi connectivity index (χ1) is 12.3. The third kappa shape index (κ3) is 5.58. The molecule has 1 aliphatic heterocycles. The van der Waals surface area contributed by atoms with E-state index in [-0.39, 0.29) is 11.7 Å². The summed E-state index contributed by atoms with van der Waals surface area (Å²) in [4.78, 5) is 13.8. The van der Waals surface area contributed by atoms with E-state index >= 15 is 0 Å². The zero-order valence-corrected chi connectivity index (χ0v) is 16.2. The lowest BCUT2D eigenvalue weighted by Gasteiger charge is -2.33. The van der Waals surface area contributed by atoms with Crippen molar-refractivity contribution in [1.82, 2.24) is 9.62 Å². The molecule has 2 rings (SSSR count). The molecule has 1 aliphatic rings. The zero-order chi connectivity index (χ0) is 20.5. The van der Waals surface area contributed by atoms with Crippen molar-refractivity contribution in [1.29, 1.82) is 0 Å². The number of hydrogen-bond acceptors (Lipinski definition) is 3. The first kappa shape index (κ1) is 21.5. The number of anilines is 1. The molecule has 1 heterocycles. The lowest BCUT2D eigenvalue weighted by Crippen LogP contribution is -2.50. The minimum Gasteiger partial charge on any atom is -0.324 e. The standard InChI is InChI=1S/C17H24F3N3O3S/c1-16(2,3)27(25,26)22-14-8-10-23(11-9-14)15(24)21-13-6-4-12(5-7-13)17(18,19)20/h4-7,14,22H,8-11H2,1-3H3,(H,21,24). The van der Waals surface area contributed by atoms with Crippen molar-refractivity contribution in [3.8, 4) is 0 Å². The normalized spacial score (nSPS) is 17.0. The second kappa shape index (κ2) is 7.67. The summed E-state index contributed by atoms with van der Waals surface area (Å²) in [7, 11) is -3.46. The van der Waals surface area contributed by atoms with E-state index in [9.17, 15) is 26.4 Å². The number of amides is 2. The van der Waals surface area contributed by atoms with Crippen LogP contribution in [-0.4, -0.2) is 43.2 Å². The number of carbonyl (C=O) groups excluding carboxylic acids is 1. The van der Waals surface area contributed by atoms with Crippen LogP contribution in [0.2, 0.25) is 0 Å². The molecule has 1 aromatic carbocycles. The molecule has 0 aromatic heterocycles. The summed E-state index contributed by atoms with van der Waals surface area (Å²) in [5, 5.41) is 2.56. The van der Waals surface area contributed by atoms with Crippen LogP contribution in [0.5, 0.6) is 0 Å².